The zero-order valence-electron chi connectivity index (χ0n) is 10.1. The number of nitrogens with two attached hydrogens (primary N) is 1. The van der Waals surface area contributed by atoms with E-state index in [2.05, 4.69) is 8.83 Å². The predicted octanol–water partition coefficient (Wildman–Crippen LogP) is 3.90. The van der Waals surface area contributed by atoms with Crippen molar-refractivity contribution in [3.05, 3.63) is 85.4 Å². The zero-order valence-corrected chi connectivity index (χ0v) is 10.1. The fourth-order valence-corrected chi connectivity index (χ4v) is 1.05. The maximum atomic E-state index is 5.49. The van der Waals surface area contributed by atoms with E-state index in [1.54, 1.807) is 25.1 Å². The second-order valence-corrected chi connectivity index (χ2v) is 3.35. The summed E-state index contributed by atoms with van der Waals surface area (Å²) in [5.74, 6) is 0. The molecular weight excluding hydrogens is 226 g/mol. The summed E-state index contributed by atoms with van der Waals surface area (Å²) < 4.78 is 9.17. The second kappa shape index (κ2) is 9.78. The molecule has 0 radical (unpaired) electrons. The maximum absolute atomic E-state index is 5.49. The van der Waals surface area contributed by atoms with Crippen LogP contribution < -0.4 is 5.73 Å². The molecule has 18 heavy (non-hydrogen) atoms. The highest BCUT2D eigenvalue weighted by atomic mass is 16.3. The molecule has 0 atom stereocenters. The van der Waals surface area contributed by atoms with Crippen LogP contribution in [0.4, 0.5) is 0 Å². The van der Waals surface area contributed by atoms with Gasteiger partial charge >= 0.3 is 0 Å². The van der Waals surface area contributed by atoms with Gasteiger partial charge in [-0.1, -0.05) is 24.3 Å². The highest BCUT2D eigenvalue weighted by molar-refractivity contribution is 5.20. The van der Waals surface area contributed by atoms with E-state index in [1.807, 2.05) is 54.6 Å². The summed E-state index contributed by atoms with van der Waals surface area (Å²) in [6.45, 7) is 0. The summed E-state index contributed by atoms with van der Waals surface area (Å²) in [5.41, 5.74) is 6.42. The molecule has 1 aliphatic carbocycles. The van der Waals surface area contributed by atoms with Crippen molar-refractivity contribution in [2.45, 2.75) is 6.42 Å². The molecular formula is C15H17NO2. The summed E-state index contributed by atoms with van der Waals surface area (Å²) in [6, 6.07) is 7.33. The largest absolute Gasteiger partial charge is 0.473 e. The van der Waals surface area contributed by atoms with Crippen LogP contribution in [0, 0.1) is 0 Å². The minimum absolute atomic E-state index is 0.882. The van der Waals surface area contributed by atoms with Crippen molar-refractivity contribution in [2.75, 3.05) is 0 Å². The zero-order chi connectivity index (χ0) is 12.9. The molecule has 2 aromatic rings. The van der Waals surface area contributed by atoms with Gasteiger partial charge in [0, 0.05) is 12.1 Å². The van der Waals surface area contributed by atoms with Gasteiger partial charge in [0.15, 0.2) is 0 Å². The molecule has 0 saturated carbocycles. The average molecular weight is 243 g/mol. The van der Waals surface area contributed by atoms with Crippen molar-refractivity contribution in [1.29, 1.82) is 0 Å². The quantitative estimate of drug-likeness (QED) is 0.763. The van der Waals surface area contributed by atoms with Gasteiger partial charge in [0.1, 0.15) is 0 Å². The molecule has 3 rings (SSSR count). The highest BCUT2D eigenvalue weighted by Gasteiger charge is 1.83. The number of hydrogen-bond donors (Lipinski definition) is 1. The molecule has 0 aromatic carbocycles. The first-order chi connectivity index (χ1) is 8.89. The molecule has 0 aliphatic heterocycles. The van der Waals surface area contributed by atoms with Crippen molar-refractivity contribution >= 4 is 0 Å². The van der Waals surface area contributed by atoms with Crippen molar-refractivity contribution in [2.24, 2.45) is 5.73 Å². The third kappa shape index (κ3) is 7.82. The van der Waals surface area contributed by atoms with Crippen LogP contribution in [-0.4, -0.2) is 0 Å². The summed E-state index contributed by atoms with van der Waals surface area (Å²) in [5, 5.41) is 0. The standard InChI is InChI=1S/C7H9N.2C4H4O/c8-7-5-3-1-2-4-6-7;2*1-2-4-5-3-1/h1-5H,6,8H2;2*1-4H. The smallest absolute Gasteiger partial charge is 0.0902 e. The Kier molecular flexibility index (Phi) is 7.41. The van der Waals surface area contributed by atoms with Gasteiger partial charge in [0.25, 0.3) is 0 Å². The molecule has 2 heterocycles. The fourth-order valence-electron chi connectivity index (χ4n) is 1.05. The Morgan fingerprint density at radius 2 is 1.33 bits per heavy atom. The second-order valence-electron chi connectivity index (χ2n) is 3.35. The van der Waals surface area contributed by atoms with Crippen LogP contribution in [0.3, 0.4) is 0 Å². The topological polar surface area (TPSA) is 52.3 Å². The molecule has 2 aromatic heterocycles. The van der Waals surface area contributed by atoms with E-state index in [0.29, 0.717) is 0 Å². The van der Waals surface area contributed by atoms with E-state index in [-0.39, 0.29) is 0 Å². The van der Waals surface area contributed by atoms with Gasteiger partial charge < -0.3 is 14.6 Å². The van der Waals surface area contributed by atoms with E-state index < -0.39 is 0 Å². The lowest BCUT2D eigenvalue weighted by Crippen LogP contribution is -1.92. The van der Waals surface area contributed by atoms with Crippen LogP contribution in [0.15, 0.2) is 94.2 Å². The summed E-state index contributed by atoms with van der Waals surface area (Å²) >= 11 is 0. The first-order valence-electron chi connectivity index (χ1n) is 5.62. The third-order valence-corrected chi connectivity index (χ3v) is 1.87. The molecule has 94 valence electrons. The Morgan fingerprint density at radius 1 is 0.778 bits per heavy atom. The Labute approximate surface area is 107 Å². The maximum Gasteiger partial charge on any atom is 0.0902 e. The van der Waals surface area contributed by atoms with Crippen molar-refractivity contribution in [1.82, 2.24) is 0 Å². The number of allylic oxidation sites excluding steroid dienone is 5. The Bertz CT molecular complexity index is 390. The summed E-state index contributed by atoms with van der Waals surface area (Å²) in [4.78, 5) is 0. The molecule has 1 aliphatic rings. The lowest BCUT2D eigenvalue weighted by Gasteiger charge is -1.87. The van der Waals surface area contributed by atoms with E-state index in [9.17, 15) is 0 Å². The Balaban J connectivity index is 0.000000141. The first-order valence-corrected chi connectivity index (χ1v) is 5.62. The van der Waals surface area contributed by atoms with Gasteiger partial charge in [-0.25, -0.2) is 0 Å². The number of furan rings is 2. The van der Waals surface area contributed by atoms with E-state index in [1.165, 1.54) is 0 Å². The van der Waals surface area contributed by atoms with E-state index in [4.69, 9.17) is 5.73 Å². The molecule has 0 bridgehead atoms. The molecule has 3 heteroatoms. The van der Waals surface area contributed by atoms with Crippen molar-refractivity contribution in [3.63, 3.8) is 0 Å². The van der Waals surface area contributed by atoms with Gasteiger partial charge in [-0.3, -0.25) is 0 Å². The molecule has 0 saturated heterocycles. The summed E-state index contributed by atoms with van der Waals surface area (Å²) in [7, 11) is 0. The van der Waals surface area contributed by atoms with Gasteiger partial charge in [0.05, 0.1) is 25.1 Å². The highest BCUT2D eigenvalue weighted by Crippen LogP contribution is 1.98. The summed E-state index contributed by atoms with van der Waals surface area (Å²) in [6.07, 6.45) is 17.2. The predicted molar refractivity (Wildman–Crippen MR) is 72.6 cm³/mol. The van der Waals surface area contributed by atoms with Crippen LogP contribution in [0.2, 0.25) is 0 Å². The van der Waals surface area contributed by atoms with Crippen molar-refractivity contribution in [3.8, 4) is 0 Å². The minimum atomic E-state index is 0.882. The van der Waals surface area contributed by atoms with E-state index in [0.717, 1.165) is 12.1 Å². The number of hydrogen-bond acceptors (Lipinski definition) is 3. The van der Waals surface area contributed by atoms with E-state index >= 15 is 0 Å². The van der Waals surface area contributed by atoms with Crippen molar-refractivity contribution < 1.29 is 8.83 Å². The molecule has 0 unspecified atom stereocenters. The SMILES string of the molecule is NC1=CC=CC=CC1.c1ccoc1.c1ccoc1. The van der Waals surface area contributed by atoms with Crippen LogP contribution in [0.25, 0.3) is 0 Å². The first kappa shape index (κ1) is 13.6. The van der Waals surface area contributed by atoms with Crippen LogP contribution in [0.5, 0.6) is 0 Å². The lowest BCUT2D eigenvalue weighted by atomic mass is 10.3. The fraction of sp³-hybridized carbons (Fsp3) is 0.0667. The number of rotatable bonds is 0. The average Bonchev–Trinajstić information content (AvgIpc) is 3.07. The van der Waals surface area contributed by atoms with Crippen LogP contribution in [0.1, 0.15) is 6.42 Å². The van der Waals surface area contributed by atoms with Gasteiger partial charge in [0.2, 0.25) is 0 Å². The normalized spacial score (nSPS) is 12.3. The van der Waals surface area contributed by atoms with Gasteiger partial charge in [-0.2, -0.15) is 0 Å². The lowest BCUT2D eigenvalue weighted by molar-refractivity contribution is 0.567. The minimum Gasteiger partial charge on any atom is -0.473 e. The molecule has 3 nitrogen and oxygen atoms in total. The van der Waals surface area contributed by atoms with Crippen LogP contribution in [-0.2, 0) is 0 Å². The Hall–Kier alpha value is -2.42. The Morgan fingerprint density at radius 3 is 1.78 bits per heavy atom. The molecule has 0 spiro atoms. The van der Waals surface area contributed by atoms with Crippen LogP contribution >= 0.6 is 0 Å². The molecule has 0 fully saturated rings. The van der Waals surface area contributed by atoms with Gasteiger partial charge in [-0.15, -0.1) is 0 Å². The molecule has 0 amide bonds. The third-order valence-electron chi connectivity index (χ3n) is 1.87. The van der Waals surface area contributed by atoms with Gasteiger partial charge in [-0.05, 0) is 30.3 Å². The monoisotopic (exact) mass is 243 g/mol. The molecule has 2 N–H and O–H groups in total.